The minimum atomic E-state index is -0.279. The highest BCUT2D eigenvalue weighted by Crippen LogP contribution is 2.23. The first-order valence-electron chi connectivity index (χ1n) is 6.40. The van der Waals surface area contributed by atoms with Gasteiger partial charge in [0.1, 0.15) is 5.82 Å². The average molecular weight is 250 g/mol. The summed E-state index contributed by atoms with van der Waals surface area (Å²) in [5, 5.41) is 2.92. The van der Waals surface area contributed by atoms with Gasteiger partial charge in [-0.2, -0.15) is 0 Å². The molecule has 2 rings (SSSR count). The summed E-state index contributed by atoms with van der Waals surface area (Å²) in [5.41, 5.74) is 6.65. The van der Waals surface area contributed by atoms with Crippen LogP contribution in [0.4, 0.5) is 4.39 Å². The molecular formula is C14H19FN2O. The van der Waals surface area contributed by atoms with Crippen LogP contribution in [0.3, 0.4) is 0 Å². The minimum absolute atomic E-state index is 0.0120. The van der Waals surface area contributed by atoms with Crippen LogP contribution in [0.2, 0.25) is 0 Å². The van der Waals surface area contributed by atoms with Gasteiger partial charge in [0.05, 0.1) is 6.42 Å². The molecule has 1 aliphatic carbocycles. The molecule has 18 heavy (non-hydrogen) atoms. The monoisotopic (exact) mass is 250 g/mol. The van der Waals surface area contributed by atoms with Gasteiger partial charge in [-0.25, -0.2) is 4.39 Å². The van der Waals surface area contributed by atoms with Crippen LogP contribution < -0.4 is 11.1 Å². The van der Waals surface area contributed by atoms with Crippen molar-refractivity contribution in [1.82, 2.24) is 5.32 Å². The van der Waals surface area contributed by atoms with E-state index < -0.39 is 0 Å². The number of amides is 1. The minimum Gasteiger partial charge on any atom is -0.356 e. The van der Waals surface area contributed by atoms with Crippen molar-refractivity contribution in [1.29, 1.82) is 0 Å². The molecular weight excluding hydrogens is 231 g/mol. The number of nitrogens with one attached hydrogen (secondary N) is 1. The fourth-order valence-corrected chi connectivity index (χ4v) is 2.41. The smallest absolute Gasteiger partial charge is 0.224 e. The third-order valence-electron chi connectivity index (χ3n) is 3.45. The zero-order chi connectivity index (χ0) is 13.0. The van der Waals surface area contributed by atoms with Crippen LogP contribution in [0.1, 0.15) is 24.8 Å². The first kappa shape index (κ1) is 13.0. The summed E-state index contributed by atoms with van der Waals surface area (Å²) >= 11 is 0. The van der Waals surface area contributed by atoms with E-state index in [-0.39, 0.29) is 11.7 Å². The van der Waals surface area contributed by atoms with E-state index in [0.717, 1.165) is 24.8 Å². The van der Waals surface area contributed by atoms with Crippen LogP contribution in [0.15, 0.2) is 24.3 Å². The molecule has 0 saturated heterocycles. The average Bonchev–Trinajstić information content (AvgIpc) is 2.76. The van der Waals surface area contributed by atoms with Crippen molar-refractivity contribution < 1.29 is 9.18 Å². The highest BCUT2D eigenvalue weighted by molar-refractivity contribution is 5.78. The highest BCUT2D eigenvalue weighted by Gasteiger charge is 2.21. The molecule has 1 amide bonds. The van der Waals surface area contributed by atoms with E-state index in [1.807, 2.05) is 0 Å². The van der Waals surface area contributed by atoms with Gasteiger partial charge in [-0.1, -0.05) is 12.1 Å². The van der Waals surface area contributed by atoms with Gasteiger partial charge in [0.15, 0.2) is 0 Å². The maximum Gasteiger partial charge on any atom is 0.224 e. The van der Waals surface area contributed by atoms with Crippen LogP contribution in [0.25, 0.3) is 0 Å². The Labute approximate surface area is 107 Å². The Hall–Kier alpha value is -1.42. The van der Waals surface area contributed by atoms with E-state index in [1.165, 1.54) is 12.1 Å². The van der Waals surface area contributed by atoms with Gasteiger partial charge in [-0.3, -0.25) is 4.79 Å². The molecule has 1 aromatic carbocycles. The molecule has 3 N–H and O–H groups in total. The number of carbonyl (C=O) groups is 1. The number of rotatable bonds is 4. The molecule has 3 nitrogen and oxygen atoms in total. The summed E-state index contributed by atoms with van der Waals surface area (Å²) in [4.78, 5) is 11.7. The fourth-order valence-electron chi connectivity index (χ4n) is 2.41. The molecule has 0 heterocycles. The maximum absolute atomic E-state index is 12.7. The molecule has 4 heteroatoms. The van der Waals surface area contributed by atoms with E-state index >= 15 is 0 Å². The third-order valence-corrected chi connectivity index (χ3v) is 3.45. The standard InChI is InChI=1S/C14H19FN2O/c15-12-4-1-10(2-5-12)8-14(18)17-9-11-3-6-13(16)7-11/h1-2,4-5,11,13H,3,6-9,16H2,(H,17,18). The molecule has 0 radical (unpaired) electrons. The van der Waals surface area contributed by atoms with E-state index in [4.69, 9.17) is 5.73 Å². The van der Waals surface area contributed by atoms with Crippen molar-refractivity contribution in [2.75, 3.05) is 6.54 Å². The molecule has 0 aliphatic heterocycles. The predicted octanol–water partition coefficient (Wildman–Crippen LogP) is 1.61. The second-order valence-electron chi connectivity index (χ2n) is 5.05. The lowest BCUT2D eigenvalue weighted by Gasteiger charge is -2.11. The molecule has 0 bridgehead atoms. The Bertz CT molecular complexity index is 405. The van der Waals surface area contributed by atoms with Gasteiger partial charge in [0.2, 0.25) is 5.91 Å². The molecule has 0 aromatic heterocycles. The Kier molecular flexibility index (Phi) is 4.31. The summed E-state index contributed by atoms with van der Waals surface area (Å²) < 4.78 is 12.7. The lowest BCUT2D eigenvalue weighted by molar-refractivity contribution is -0.120. The Morgan fingerprint density at radius 1 is 1.33 bits per heavy atom. The largest absolute Gasteiger partial charge is 0.356 e. The Balaban J connectivity index is 1.73. The summed E-state index contributed by atoms with van der Waals surface area (Å²) in [7, 11) is 0. The van der Waals surface area contributed by atoms with Gasteiger partial charge in [0.25, 0.3) is 0 Å². The number of hydrogen-bond acceptors (Lipinski definition) is 2. The highest BCUT2D eigenvalue weighted by atomic mass is 19.1. The van der Waals surface area contributed by atoms with Crippen molar-refractivity contribution in [2.24, 2.45) is 11.7 Å². The second kappa shape index (κ2) is 5.96. The number of halogens is 1. The van der Waals surface area contributed by atoms with E-state index in [0.29, 0.717) is 24.9 Å². The summed E-state index contributed by atoms with van der Waals surface area (Å²) in [5.74, 6) is 0.221. The van der Waals surface area contributed by atoms with Gasteiger partial charge in [-0.15, -0.1) is 0 Å². The van der Waals surface area contributed by atoms with Gasteiger partial charge >= 0.3 is 0 Å². The van der Waals surface area contributed by atoms with E-state index in [9.17, 15) is 9.18 Å². The van der Waals surface area contributed by atoms with Crippen LogP contribution in [-0.2, 0) is 11.2 Å². The van der Waals surface area contributed by atoms with Crippen molar-refractivity contribution in [3.63, 3.8) is 0 Å². The van der Waals surface area contributed by atoms with Gasteiger partial charge in [0, 0.05) is 12.6 Å². The molecule has 0 spiro atoms. The first-order chi connectivity index (χ1) is 8.63. The van der Waals surface area contributed by atoms with Crippen LogP contribution in [0, 0.1) is 11.7 Å². The van der Waals surface area contributed by atoms with Crippen LogP contribution in [-0.4, -0.2) is 18.5 Å². The Morgan fingerprint density at radius 2 is 2.06 bits per heavy atom. The number of benzene rings is 1. The van der Waals surface area contributed by atoms with Crippen molar-refractivity contribution in [2.45, 2.75) is 31.7 Å². The maximum atomic E-state index is 12.7. The SMILES string of the molecule is NC1CCC(CNC(=O)Cc2ccc(F)cc2)C1. The zero-order valence-electron chi connectivity index (χ0n) is 10.4. The normalized spacial score (nSPS) is 23.0. The molecule has 2 atom stereocenters. The molecule has 1 aromatic rings. The summed E-state index contributed by atoms with van der Waals surface area (Å²) in [6.07, 6.45) is 3.45. The summed E-state index contributed by atoms with van der Waals surface area (Å²) in [6, 6.07) is 6.32. The summed E-state index contributed by atoms with van der Waals surface area (Å²) in [6.45, 7) is 0.702. The molecule has 2 unspecified atom stereocenters. The van der Waals surface area contributed by atoms with E-state index in [1.54, 1.807) is 12.1 Å². The van der Waals surface area contributed by atoms with Gasteiger partial charge < -0.3 is 11.1 Å². The van der Waals surface area contributed by atoms with Crippen LogP contribution >= 0.6 is 0 Å². The lowest BCUT2D eigenvalue weighted by atomic mass is 10.1. The lowest BCUT2D eigenvalue weighted by Crippen LogP contribution is -2.30. The van der Waals surface area contributed by atoms with Gasteiger partial charge in [-0.05, 0) is 42.9 Å². The van der Waals surface area contributed by atoms with Crippen molar-refractivity contribution in [3.05, 3.63) is 35.6 Å². The molecule has 98 valence electrons. The first-order valence-corrected chi connectivity index (χ1v) is 6.40. The Morgan fingerprint density at radius 3 is 2.67 bits per heavy atom. The quantitative estimate of drug-likeness (QED) is 0.853. The second-order valence-corrected chi connectivity index (χ2v) is 5.05. The fraction of sp³-hybridized carbons (Fsp3) is 0.500. The predicted molar refractivity (Wildman–Crippen MR) is 68.4 cm³/mol. The topological polar surface area (TPSA) is 55.1 Å². The van der Waals surface area contributed by atoms with Crippen molar-refractivity contribution >= 4 is 5.91 Å². The number of hydrogen-bond donors (Lipinski definition) is 2. The number of nitrogens with two attached hydrogens (primary N) is 1. The van der Waals surface area contributed by atoms with Crippen molar-refractivity contribution in [3.8, 4) is 0 Å². The third kappa shape index (κ3) is 3.81. The molecule has 1 aliphatic rings. The van der Waals surface area contributed by atoms with E-state index in [2.05, 4.69) is 5.32 Å². The zero-order valence-corrected chi connectivity index (χ0v) is 10.4. The number of carbonyl (C=O) groups excluding carboxylic acids is 1. The molecule has 1 saturated carbocycles. The molecule has 1 fully saturated rings. The van der Waals surface area contributed by atoms with Crippen LogP contribution in [0.5, 0.6) is 0 Å².